The van der Waals surface area contributed by atoms with Gasteiger partial charge in [0, 0.05) is 11.6 Å². The van der Waals surface area contributed by atoms with Crippen LogP contribution >= 0.6 is 0 Å². The molecule has 0 bridgehead atoms. The van der Waals surface area contributed by atoms with Crippen molar-refractivity contribution in [2.45, 2.75) is 26.7 Å². The highest BCUT2D eigenvalue weighted by Gasteiger charge is 2.31. The van der Waals surface area contributed by atoms with Gasteiger partial charge in [0.1, 0.15) is 5.78 Å². The van der Waals surface area contributed by atoms with E-state index < -0.39 is 0 Å². The summed E-state index contributed by atoms with van der Waals surface area (Å²) < 4.78 is 0. The number of Topliss-reactive ketones (excluding diaryl/α,β-unsaturated/α-hetero) is 1. The van der Waals surface area contributed by atoms with Crippen LogP contribution in [0.3, 0.4) is 0 Å². The number of hydrogen-bond acceptors (Lipinski definition) is 2. The highest BCUT2D eigenvalue weighted by Crippen LogP contribution is 2.36. The van der Waals surface area contributed by atoms with Gasteiger partial charge in [0.2, 0.25) is 0 Å². The van der Waals surface area contributed by atoms with E-state index in [1.165, 1.54) is 11.1 Å². The number of carbonyl (C=O) groups excluding carboxylic acids is 1. The first kappa shape index (κ1) is 7.71. The summed E-state index contributed by atoms with van der Waals surface area (Å²) in [6, 6.07) is 0. The number of aliphatic imine (C=N–C) groups is 1. The van der Waals surface area contributed by atoms with E-state index in [-0.39, 0.29) is 5.92 Å². The van der Waals surface area contributed by atoms with Crippen LogP contribution < -0.4 is 0 Å². The van der Waals surface area contributed by atoms with Crippen LogP contribution in [0.4, 0.5) is 0 Å². The monoisotopic (exact) mass is 163 g/mol. The molecule has 12 heavy (non-hydrogen) atoms. The predicted molar refractivity (Wildman–Crippen MR) is 48.4 cm³/mol. The lowest BCUT2D eigenvalue weighted by atomic mass is 9.97. The molecule has 2 rings (SSSR count). The van der Waals surface area contributed by atoms with Crippen molar-refractivity contribution in [3.63, 3.8) is 0 Å². The summed E-state index contributed by atoms with van der Waals surface area (Å²) in [5.74, 6) is 0.506. The topological polar surface area (TPSA) is 29.4 Å². The maximum absolute atomic E-state index is 11.2. The van der Waals surface area contributed by atoms with E-state index in [0.29, 0.717) is 5.78 Å². The van der Waals surface area contributed by atoms with Gasteiger partial charge in [-0.25, -0.2) is 0 Å². The molecule has 0 amide bonds. The zero-order valence-electron chi connectivity index (χ0n) is 7.55. The second kappa shape index (κ2) is 2.54. The van der Waals surface area contributed by atoms with E-state index in [2.05, 4.69) is 4.99 Å². The van der Waals surface area contributed by atoms with Crippen LogP contribution in [0, 0.1) is 5.92 Å². The summed E-state index contributed by atoms with van der Waals surface area (Å²) in [5.41, 5.74) is 3.84. The molecule has 2 heteroatoms. The second-order valence-corrected chi connectivity index (χ2v) is 3.61. The van der Waals surface area contributed by atoms with Crippen LogP contribution in [0.15, 0.2) is 16.1 Å². The molecule has 0 aromatic heterocycles. The summed E-state index contributed by atoms with van der Waals surface area (Å²) in [7, 11) is 0. The molecule has 0 aromatic carbocycles. The predicted octanol–water partition coefficient (Wildman–Crippen LogP) is 1.76. The van der Waals surface area contributed by atoms with E-state index in [1.54, 1.807) is 6.92 Å². The number of nitrogens with zero attached hydrogens (tertiary/aromatic N) is 1. The largest absolute Gasteiger partial charge is 0.299 e. The van der Waals surface area contributed by atoms with Crippen LogP contribution in [-0.2, 0) is 4.79 Å². The maximum atomic E-state index is 11.2. The fourth-order valence-electron chi connectivity index (χ4n) is 2.20. The maximum Gasteiger partial charge on any atom is 0.137 e. The average molecular weight is 163 g/mol. The van der Waals surface area contributed by atoms with Crippen molar-refractivity contribution in [1.82, 2.24) is 0 Å². The molecular formula is C10H13NO. The highest BCUT2D eigenvalue weighted by atomic mass is 16.1. The molecule has 1 aliphatic heterocycles. The molecular weight excluding hydrogens is 150 g/mol. The molecule has 2 aliphatic rings. The molecule has 0 N–H and O–H groups in total. The molecule has 0 saturated heterocycles. The first-order chi connectivity index (χ1) is 5.70. The molecule has 0 aromatic rings. The zero-order chi connectivity index (χ0) is 8.72. The summed E-state index contributed by atoms with van der Waals surface area (Å²) >= 11 is 0. The molecule has 0 saturated carbocycles. The Morgan fingerprint density at radius 2 is 2.33 bits per heavy atom. The Bertz CT molecular complexity index is 299. The van der Waals surface area contributed by atoms with Crippen molar-refractivity contribution in [2.75, 3.05) is 6.54 Å². The van der Waals surface area contributed by atoms with Gasteiger partial charge >= 0.3 is 0 Å². The van der Waals surface area contributed by atoms with Gasteiger partial charge in [-0.1, -0.05) is 0 Å². The molecule has 1 aliphatic carbocycles. The van der Waals surface area contributed by atoms with Crippen LogP contribution in [0.1, 0.15) is 26.7 Å². The average Bonchev–Trinajstić information content (AvgIpc) is 2.53. The first-order valence-corrected chi connectivity index (χ1v) is 4.44. The molecule has 0 radical (unpaired) electrons. The molecule has 1 unspecified atom stereocenters. The minimum Gasteiger partial charge on any atom is -0.299 e. The Labute approximate surface area is 72.4 Å². The van der Waals surface area contributed by atoms with Crippen LogP contribution in [-0.4, -0.2) is 18.0 Å². The fraction of sp³-hybridized carbons (Fsp3) is 0.600. The smallest absolute Gasteiger partial charge is 0.137 e. The Hall–Kier alpha value is -0.920. The van der Waals surface area contributed by atoms with E-state index in [0.717, 1.165) is 25.1 Å². The lowest BCUT2D eigenvalue weighted by Crippen LogP contribution is -2.10. The van der Waals surface area contributed by atoms with Crippen LogP contribution in [0.5, 0.6) is 0 Å². The van der Waals surface area contributed by atoms with Gasteiger partial charge in [-0.2, -0.15) is 0 Å². The van der Waals surface area contributed by atoms with Gasteiger partial charge in [0.15, 0.2) is 0 Å². The van der Waals surface area contributed by atoms with Gasteiger partial charge in [0.25, 0.3) is 0 Å². The Balaban J connectivity index is 2.29. The van der Waals surface area contributed by atoms with Gasteiger partial charge in [-0.3, -0.25) is 9.79 Å². The number of carbonyl (C=O) groups is 1. The van der Waals surface area contributed by atoms with Crippen molar-refractivity contribution in [3.8, 4) is 0 Å². The quantitative estimate of drug-likeness (QED) is 0.579. The minimum atomic E-state index is 0.196. The molecule has 1 atom stereocenters. The number of allylic oxidation sites excluding steroid dienone is 1. The van der Waals surface area contributed by atoms with E-state index in [9.17, 15) is 4.79 Å². The molecule has 0 spiro atoms. The summed E-state index contributed by atoms with van der Waals surface area (Å²) in [6.07, 6.45) is 2.09. The zero-order valence-corrected chi connectivity index (χ0v) is 7.55. The normalized spacial score (nSPS) is 27.5. The third-order valence-electron chi connectivity index (χ3n) is 2.91. The molecule has 64 valence electrons. The summed E-state index contributed by atoms with van der Waals surface area (Å²) in [5, 5.41) is 0. The van der Waals surface area contributed by atoms with Crippen molar-refractivity contribution < 1.29 is 4.79 Å². The highest BCUT2D eigenvalue weighted by molar-refractivity contribution is 6.03. The standard InChI is InChI=1S/C10H13NO/c1-6-8-3-4-9(7(2)12)10(8)5-11-6/h9H,3-5H2,1-2H3. The molecule has 1 heterocycles. The van der Waals surface area contributed by atoms with Crippen molar-refractivity contribution in [3.05, 3.63) is 11.1 Å². The third kappa shape index (κ3) is 0.942. The lowest BCUT2D eigenvalue weighted by Gasteiger charge is -2.06. The third-order valence-corrected chi connectivity index (χ3v) is 2.91. The minimum absolute atomic E-state index is 0.196. The fourth-order valence-corrected chi connectivity index (χ4v) is 2.20. The lowest BCUT2D eigenvalue weighted by molar-refractivity contribution is -0.119. The van der Waals surface area contributed by atoms with Gasteiger partial charge in [-0.15, -0.1) is 0 Å². The van der Waals surface area contributed by atoms with Gasteiger partial charge < -0.3 is 0 Å². The molecule has 2 nitrogen and oxygen atoms in total. The SMILES string of the molecule is CC(=O)C1CCC2=C1CN=C2C. The van der Waals surface area contributed by atoms with E-state index >= 15 is 0 Å². The Kier molecular flexibility index (Phi) is 1.63. The number of hydrogen-bond donors (Lipinski definition) is 0. The van der Waals surface area contributed by atoms with Gasteiger partial charge in [-0.05, 0) is 37.8 Å². The van der Waals surface area contributed by atoms with Gasteiger partial charge in [0.05, 0.1) is 6.54 Å². The van der Waals surface area contributed by atoms with Crippen molar-refractivity contribution >= 4 is 11.5 Å². The second-order valence-electron chi connectivity index (χ2n) is 3.61. The Morgan fingerprint density at radius 3 is 3.00 bits per heavy atom. The van der Waals surface area contributed by atoms with Crippen molar-refractivity contribution in [1.29, 1.82) is 0 Å². The Morgan fingerprint density at radius 1 is 1.58 bits per heavy atom. The van der Waals surface area contributed by atoms with Crippen LogP contribution in [0.2, 0.25) is 0 Å². The number of ketones is 1. The van der Waals surface area contributed by atoms with Crippen LogP contribution in [0.25, 0.3) is 0 Å². The van der Waals surface area contributed by atoms with E-state index in [4.69, 9.17) is 0 Å². The number of rotatable bonds is 1. The van der Waals surface area contributed by atoms with E-state index in [1.807, 2.05) is 6.92 Å². The van der Waals surface area contributed by atoms with Crippen molar-refractivity contribution in [2.24, 2.45) is 10.9 Å². The summed E-state index contributed by atoms with van der Waals surface area (Å²) in [4.78, 5) is 15.6. The summed E-state index contributed by atoms with van der Waals surface area (Å²) in [6.45, 7) is 4.52. The first-order valence-electron chi connectivity index (χ1n) is 4.44. The molecule has 0 fully saturated rings.